The van der Waals surface area contributed by atoms with Crippen LogP contribution in [0.5, 0.6) is 0 Å². The molecule has 124 valence electrons. The van der Waals surface area contributed by atoms with Gasteiger partial charge in [0.25, 0.3) is 10.0 Å². The lowest BCUT2D eigenvalue weighted by Gasteiger charge is -2.07. The second-order valence-corrected chi connectivity index (χ2v) is 7.47. The van der Waals surface area contributed by atoms with Crippen LogP contribution in [0.4, 0.5) is 0 Å². The molecular formula is C18H14N4O2S. The summed E-state index contributed by atoms with van der Waals surface area (Å²) < 4.78 is 27.4. The molecule has 0 unspecified atom stereocenters. The highest BCUT2D eigenvalue weighted by Gasteiger charge is 2.22. The Hall–Kier alpha value is -3.06. The maximum absolute atomic E-state index is 13.1. The molecule has 7 heteroatoms. The van der Waals surface area contributed by atoms with Crippen molar-refractivity contribution >= 4 is 21.1 Å². The Balaban J connectivity index is 1.98. The van der Waals surface area contributed by atoms with Crippen LogP contribution in [-0.4, -0.2) is 27.3 Å². The van der Waals surface area contributed by atoms with Crippen molar-refractivity contribution in [2.75, 3.05) is 0 Å². The first kappa shape index (κ1) is 15.5. The lowest BCUT2D eigenvalue weighted by Crippen LogP contribution is -2.12. The summed E-state index contributed by atoms with van der Waals surface area (Å²) in [6.07, 6.45) is 7.89. The molecule has 0 saturated carbocycles. The monoisotopic (exact) mass is 350 g/mol. The molecule has 0 aliphatic carbocycles. The van der Waals surface area contributed by atoms with Gasteiger partial charge in [-0.2, -0.15) is 0 Å². The third-order valence-electron chi connectivity index (χ3n) is 3.98. The largest absolute Gasteiger partial charge is 0.269 e. The van der Waals surface area contributed by atoms with E-state index < -0.39 is 10.0 Å². The van der Waals surface area contributed by atoms with Crippen LogP contribution in [0.1, 0.15) is 5.56 Å². The van der Waals surface area contributed by atoms with Crippen molar-refractivity contribution in [2.24, 2.45) is 0 Å². The SMILES string of the molecule is Cc1ccc(S(=O)(=O)n2cc(-c3cncnc3)c3cccnc32)cc1. The molecule has 25 heavy (non-hydrogen) atoms. The molecule has 0 atom stereocenters. The highest BCUT2D eigenvalue weighted by molar-refractivity contribution is 7.90. The van der Waals surface area contributed by atoms with Crippen molar-refractivity contribution in [2.45, 2.75) is 11.8 Å². The average molecular weight is 350 g/mol. The van der Waals surface area contributed by atoms with E-state index in [4.69, 9.17) is 0 Å². The fraction of sp³-hybridized carbons (Fsp3) is 0.0556. The van der Waals surface area contributed by atoms with E-state index in [1.54, 1.807) is 55.1 Å². The standard InChI is InChI=1S/C18H14N4O2S/c1-13-4-6-15(7-5-13)25(23,24)22-11-17(14-9-19-12-20-10-14)16-3-2-8-21-18(16)22/h2-12H,1H3. The molecule has 0 radical (unpaired) electrons. The predicted octanol–water partition coefficient (Wildman–Crippen LogP) is 3.04. The Bertz CT molecular complexity index is 1150. The Morgan fingerprint density at radius 1 is 1.00 bits per heavy atom. The zero-order chi connectivity index (χ0) is 17.4. The van der Waals surface area contributed by atoms with Crippen LogP contribution in [0.15, 0.2) is 72.4 Å². The van der Waals surface area contributed by atoms with Crippen LogP contribution in [0.25, 0.3) is 22.2 Å². The third kappa shape index (κ3) is 2.58. The molecule has 0 aliphatic rings. The topological polar surface area (TPSA) is 77.7 Å². The fourth-order valence-corrected chi connectivity index (χ4v) is 4.03. The van der Waals surface area contributed by atoms with Crippen LogP contribution in [0.3, 0.4) is 0 Å². The van der Waals surface area contributed by atoms with Gasteiger partial charge in [-0.25, -0.2) is 27.3 Å². The third-order valence-corrected chi connectivity index (χ3v) is 5.65. The van der Waals surface area contributed by atoms with Crippen molar-refractivity contribution < 1.29 is 8.42 Å². The van der Waals surface area contributed by atoms with Gasteiger partial charge in [-0.3, -0.25) is 0 Å². The molecule has 6 nitrogen and oxygen atoms in total. The van der Waals surface area contributed by atoms with Gasteiger partial charge < -0.3 is 0 Å². The second-order valence-electron chi connectivity index (χ2n) is 5.66. The van der Waals surface area contributed by atoms with Crippen molar-refractivity contribution in [3.05, 3.63) is 73.1 Å². The summed E-state index contributed by atoms with van der Waals surface area (Å²) in [6, 6.07) is 10.4. The van der Waals surface area contributed by atoms with Gasteiger partial charge in [0.05, 0.1) is 4.90 Å². The molecule has 3 heterocycles. The Kier molecular flexibility index (Phi) is 3.58. The number of hydrogen-bond donors (Lipinski definition) is 0. The Morgan fingerprint density at radius 2 is 1.72 bits per heavy atom. The summed E-state index contributed by atoms with van der Waals surface area (Å²) in [5.74, 6) is 0. The van der Waals surface area contributed by atoms with Gasteiger partial charge in [-0.05, 0) is 31.2 Å². The minimum atomic E-state index is -3.76. The van der Waals surface area contributed by atoms with E-state index in [1.807, 2.05) is 13.0 Å². The van der Waals surface area contributed by atoms with Crippen LogP contribution in [0.2, 0.25) is 0 Å². The second kappa shape index (κ2) is 5.78. The van der Waals surface area contributed by atoms with Crippen LogP contribution < -0.4 is 0 Å². The van der Waals surface area contributed by atoms with E-state index in [0.717, 1.165) is 22.1 Å². The summed E-state index contributed by atoms with van der Waals surface area (Å²) >= 11 is 0. The van der Waals surface area contributed by atoms with Gasteiger partial charge in [0.2, 0.25) is 0 Å². The van der Waals surface area contributed by atoms with Crippen molar-refractivity contribution in [1.82, 2.24) is 18.9 Å². The fourth-order valence-electron chi connectivity index (χ4n) is 2.71. The summed E-state index contributed by atoms with van der Waals surface area (Å²) in [4.78, 5) is 12.5. The highest BCUT2D eigenvalue weighted by Crippen LogP contribution is 2.31. The summed E-state index contributed by atoms with van der Waals surface area (Å²) in [5, 5.41) is 0.730. The zero-order valence-corrected chi connectivity index (χ0v) is 14.2. The van der Waals surface area contributed by atoms with Crippen LogP contribution in [0, 0.1) is 6.92 Å². The van der Waals surface area contributed by atoms with Crippen molar-refractivity contribution in [3.8, 4) is 11.1 Å². The number of aryl methyl sites for hydroxylation is 1. The molecule has 0 spiro atoms. The minimum Gasteiger partial charge on any atom is -0.244 e. The van der Waals surface area contributed by atoms with Gasteiger partial charge in [-0.1, -0.05) is 17.7 Å². The van der Waals surface area contributed by atoms with Crippen molar-refractivity contribution in [3.63, 3.8) is 0 Å². The molecule has 0 aliphatic heterocycles. The van der Waals surface area contributed by atoms with Gasteiger partial charge in [-0.15, -0.1) is 0 Å². The molecular weight excluding hydrogens is 336 g/mol. The van der Waals surface area contributed by atoms with Crippen LogP contribution >= 0.6 is 0 Å². The summed E-state index contributed by atoms with van der Waals surface area (Å²) in [7, 11) is -3.76. The number of pyridine rings is 1. The maximum Gasteiger partial charge on any atom is 0.269 e. The number of hydrogen-bond acceptors (Lipinski definition) is 5. The highest BCUT2D eigenvalue weighted by atomic mass is 32.2. The molecule has 0 N–H and O–H groups in total. The van der Waals surface area contributed by atoms with E-state index in [2.05, 4.69) is 15.0 Å². The first-order valence-electron chi connectivity index (χ1n) is 7.61. The number of benzene rings is 1. The Morgan fingerprint density at radius 3 is 2.44 bits per heavy atom. The molecule has 3 aromatic heterocycles. The lowest BCUT2D eigenvalue weighted by atomic mass is 10.1. The number of aromatic nitrogens is 4. The summed E-state index contributed by atoms with van der Waals surface area (Å²) in [5.41, 5.74) is 2.83. The predicted molar refractivity (Wildman–Crippen MR) is 94.5 cm³/mol. The molecule has 0 fully saturated rings. The molecule has 1 aromatic carbocycles. The van der Waals surface area contributed by atoms with Crippen molar-refractivity contribution in [1.29, 1.82) is 0 Å². The average Bonchev–Trinajstić information content (AvgIpc) is 3.03. The first-order chi connectivity index (χ1) is 12.1. The van der Waals surface area contributed by atoms with E-state index in [9.17, 15) is 8.42 Å². The number of fused-ring (bicyclic) bond motifs is 1. The van der Waals surface area contributed by atoms with E-state index in [0.29, 0.717) is 5.65 Å². The lowest BCUT2D eigenvalue weighted by molar-refractivity contribution is 0.589. The Labute approximate surface area is 144 Å². The molecule has 0 amide bonds. The van der Waals surface area contributed by atoms with Crippen LogP contribution in [-0.2, 0) is 10.0 Å². The smallest absolute Gasteiger partial charge is 0.244 e. The maximum atomic E-state index is 13.1. The first-order valence-corrected chi connectivity index (χ1v) is 9.05. The quantitative estimate of drug-likeness (QED) is 0.567. The number of nitrogens with zero attached hydrogens (tertiary/aromatic N) is 4. The van der Waals surface area contributed by atoms with Gasteiger partial charge in [0.1, 0.15) is 6.33 Å². The molecule has 0 bridgehead atoms. The van der Waals surface area contributed by atoms with Gasteiger partial charge in [0.15, 0.2) is 5.65 Å². The van der Waals surface area contributed by atoms with Gasteiger partial charge in [0, 0.05) is 41.3 Å². The van der Waals surface area contributed by atoms with Gasteiger partial charge >= 0.3 is 0 Å². The molecule has 4 rings (SSSR count). The molecule has 0 saturated heterocycles. The normalized spacial score (nSPS) is 11.7. The van der Waals surface area contributed by atoms with E-state index >= 15 is 0 Å². The minimum absolute atomic E-state index is 0.219. The number of rotatable bonds is 3. The molecule has 4 aromatic rings. The summed E-state index contributed by atoms with van der Waals surface area (Å²) in [6.45, 7) is 1.91. The van der Waals surface area contributed by atoms with E-state index in [1.165, 1.54) is 10.3 Å². The van der Waals surface area contributed by atoms with E-state index in [-0.39, 0.29) is 4.90 Å². The zero-order valence-electron chi connectivity index (χ0n) is 13.4.